The van der Waals surface area contributed by atoms with Gasteiger partial charge in [0.1, 0.15) is 0 Å². The van der Waals surface area contributed by atoms with Crippen molar-refractivity contribution in [2.75, 3.05) is 17.7 Å². The van der Waals surface area contributed by atoms with E-state index >= 15 is 0 Å². The summed E-state index contributed by atoms with van der Waals surface area (Å²) < 4.78 is 23.9. The van der Waals surface area contributed by atoms with Crippen molar-refractivity contribution in [1.29, 1.82) is 0 Å². The number of anilines is 1. The lowest BCUT2D eigenvalue weighted by Crippen LogP contribution is -2.28. The maximum absolute atomic E-state index is 12.6. The Morgan fingerprint density at radius 2 is 1.95 bits per heavy atom. The van der Waals surface area contributed by atoms with Crippen molar-refractivity contribution in [3.8, 4) is 0 Å². The van der Waals surface area contributed by atoms with Crippen LogP contribution in [0.3, 0.4) is 0 Å². The molecule has 5 heteroatoms. The molecule has 108 valence electrons. The summed E-state index contributed by atoms with van der Waals surface area (Å²) in [6, 6.07) is 8.72. The lowest BCUT2D eigenvalue weighted by Gasteiger charge is -2.17. The molecular formula is C16H15NO3S. The van der Waals surface area contributed by atoms with Crippen LogP contribution in [0, 0.1) is 5.92 Å². The average molecular weight is 301 g/mol. The maximum Gasteiger partial charge on any atom is 0.259 e. The number of sulfone groups is 1. The molecule has 0 bridgehead atoms. The van der Waals surface area contributed by atoms with E-state index in [0.717, 1.165) is 17.6 Å². The molecule has 0 atom stereocenters. The highest BCUT2D eigenvalue weighted by Gasteiger charge is 2.35. The monoisotopic (exact) mass is 301 g/mol. The van der Waals surface area contributed by atoms with Crippen LogP contribution in [0.25, 0.3) is 10.8 Å². The number of benzene rings is 2. The molecule has 1 aliphatic heterocycles. The van der Waals surface area contributed by atoms with Crippen LogP contribution in [0.2, 0.25) is 0 Å². The van der Waals surface area contributed by atoms with E-state index < -0.39 is 9.84 Å². The van der Waals surface area contributed by atoms with Crippen molar-refractivity contribution in [2.24, 2.45) is 5.92 Å². The Morgan fingerprint density at radius 3 is 2.62 bits per heavy atom. The van der Waals surface area contributed by atoms with Crippen molar-refractivity contribution in [2.45, 2.75) is 17.7 Å². The van der Waals surface area contributed by atoms with E-state index in [0.29, 0.717) is 21.8 Å². The summed E-state index contributed by atoms with van der Waals surface area (Å²) in [4.78, 5) is 14.7. The van der Waals surface area contributed by atoms with E-state index in [9.17, 15) is 13.2 Å². The Kier molecular flexibility index (Phi) is 2.49. The first-order chi connectivity index (χ1) is 9.97. The van der Waals surface area contributed by atoms with Crippen molar-refractivity contribution in [1.82, 2.24) is 0 Å². The second-order valence-electron chi connectivity index (χ2n) is 5.94. The summed E-state index contributed by atoms with van der Waals surface area (Å²) in [6.45, 7) is 0.737. The molecule has 4 rings (SSSR count). The third-order valence-corrected chi connectivity index (χ3v) is 5.44. The first-order valence-electron chi connectivity index (χ1n) is 7.04. The molecule has 0 saturated heterocycles. The van der Waals surface area contributed by atoms with E-state index in [4.69, 9.17) is 0 Å². The summed E-state index contributed by atoms with van der Waals surface area (Å²) in [5.74, 6) is 0.584. The molecule has 2 aliphatic rings. The molecule has 0 spiro atoms. The molecule has 21 heavy (non-hydrogen) atoms. The molecule has 1 heterocycles. The zero-order valence-corrected chi connectivity index (χ0v) is 12.5. The molecule has 1 aliphatic carbocycles. The standard InChI is InChI=1S/C16H15NO3S/c1-21(19,20)14-8-7-13-15-11(14)3-2-4-12(15)16(18)17(13)9-10-5-6-10/h2-4,7-8,10H,5-6,9H2,1H3. The number of hydrogen-bond donors (Lipinski definition) is 0. The number of hydrogen-bond acceptors (Lipinski definition) is 3. The minimum Gasteiger partial charge on any atom is -0.307 e. The van der Waals surface area contributed by atoms with Gasteiger partial charge in [0, 0.05) is 29.1 Å². The maximum atomic E-state index is 12.6. The van der Waals surface area contributed by atoms with Gasteiger partial charge < -0.3 is 4.90 Å². The molecule has 0 radical (unpaired) electrons. The number of carbonyl (C=O) groups excluding carboxylic acids is 1. The fraction of sp³-hybridized carbons (Fsp3) is 0.312. The SMILES string of the molecule is CS(=O)(=O)c1ccc2c3c(cccc13)C(=O)N2CC1CC1. The molecule has 1 saturated carbocycles. The third-order valence-electron chi connectivity index (χ3n) is 4.28. The van der Waals surface area contributed by atoms with Gasteiger partial charge in [-0.1, -0.05) is 12.1 Å². The number of nitrogens with zero attached hydrogens (tertiary/aromatic N) is 1. The lowest BCUT2D eigenvalue weighted by molar-refractivity contribution is 0.0992. The van der Waals surface area contributed by atoms with E-state index in [-0.39, 0.29) is 5.91 Å². The summed E-state index contributed by atoms with van der Waals surface area (Å²) >= 11 is 0. The highest BCUT2D eigenvalue weighted by atomic mass is 32.2. The van der Waals surface area contributed by atoms with Crippen molar-refractivity contribution in [3.05, 3.63) is 35.9 Å². The van der Waals surface area contributed by atoms with Gasteiger partial charge >= 0.3 is 0 Å². The van der Waals surface area contributed by atoms with E-state index in [1.54, 1.807) is 35.2 Å². The molecule has 1 amide bonds. The van der Waals surface area contributed by atoms with Gasteiger partial charge in [-0.2, -0.15) is 0 Å². The average Bonchev–Trinajstić information content (AvgIpc) is 3.21. The van der Waals surface area contributed by atoms with Gasteiger partial charge in [-0.15, -0.1) is 0 Å². The molecule has 0 N–H and O–H groups in total. The fourth-order valence-electron chi connectivity index (χ4n) is 3.08. The predicted molar refractivity (Wildman–Crippen MR) is 81.5 cm³/mol. The highest BCUT2D eigenvalue weighted by molar-refractivity contribution is 7.91. The Hall–Kier alpha value is -1.88. The van der Waals surface area contributed by atoms with Crippen molar-refractivity contribution in [3.63, 3.8) is 0 Å². The molecule has 0 unspecified atom stereocenters. The Bertz CT molecular complexity index is 882. The van der Waals surface area contributed by atoms with Crippen molar-refractivity contribution < 1.29 is 13.2 Å². The van der Waals surface area contributed by atoms with Gasteiger partial charge in [-0.25, -0.2) is 8.42 Å². The van der Waals surface area contributed by atoms with Crippen LogP contribution in [0.15, 0.2) is 35.2 Å². The predicted octanol–water partition coefficient (Wildman–Crippen LogP) is 2.61. The van der Waals surface area contributed by atoms with Crippen LogP contribution < -0.4 is 4.90 Å². The minimum absolute atomic E-state index is 0.00634. The highest BCUT2D eigenvalue weighted by Crippen LogP contribution is 2.42. The number of rotatable bonds is 3. The number of carbonyl (C=O) groups is 1. The zero-order chi connectivity index (χ0) is 14.8. The summed E-state index contributed by atoms with van der Waals surface area (Å²) in [5.41, 5.74) is 1.47. The van der Waals surface area contributed by atoms with Crippen molar-refractivity contribution >= 4 is 32.2 Å². The molecule has 4 nitrogen and oxygen atoms in total. The summed E-state index contributed by atoms with van der Waals surface area (Å²) in [5, 5.41) is 1.44. The van der Waals surface area contributed by atoms with E-state index in [2.05, 4.69) is 0 Å². The second-order valence-corrected chi connectivity index (χ2v) is 7.93. The quantitative estimate of drug-likeness (QED) is 0.875. The topological polar surface area (TPSA) is 54.5 Å². The largest absolute Gasteiger partial charge is 0.307 e. The summed E-state index contributed by atoms with van der Waals surface area (Å²) in [7, 11) is -3.31. The lowest BCUT2D eigenvalue weighted by atomic mass is 10.1. The third kappa shape index (κ3) is 1.87. The van der Waals surface area contributed by atoms with Crippen LogP contribution in [-0.4, -0.2) is 27.1 Å². The zero-order valence-electron chi connectivity index (χ0n) is 11.7. The van der Waals surface area contributed by atoms with Gasteiger partial charge in [-0.05, 0) is 37.0 Å². The van der Waals surface area contributed by atoms with Crippen LogP contribution in [-0.2, 0) is 9.84 Å². The normalized spacial score (nSPS) is 17.8. The van der Waals surface area contributed by atoms with Gasteiger partial charge in [-0.3, -0.25) is 4.79 Å². The number of amides is 1. The first kappa shape index (κ1) is 12.8. The van der Waals surface area contributed by atoms with Gasteiger partial charge in [0.15, 0.2) is 9.84 Å². The molecular weight excluding hydrogens is 286 g/mol. The Morgan fingerprint density at radius 1 is 1.19 bits per heavy atom. The second kappa shape index (κ2) is 4.07. The van der Waals surface area contributed by atoms with Crippen LogP contribution in [0.5, 0.6) is 0 Å². The minimum atomic E-state index is -3.31. The smallest absolute Gasteiger partial charge is 0.259 e. The van der Waals surface area contributed by atoms with E-state index in [1.165, 1.54) is 19.1 Å². The Labute approximate surface area is 123 Å². The van der Waals surface area contributed by atoms with E-state index in [1.807, 2.05) is 0 Å². The Balaban J connectivity index is 2.00. The molecule has 1 fully saturated rings. The first-order valence-corrected chi connectivity index (χ1v) is 8.93. The van der Waals surface area contributed by atoms with Gasteiger partial charge in [0.2, 0.25) is 0 Å². The van der Waals surface area contributed by atoms with Gasteiger partial charge in [0.05, 0.1) is 10.6 Å². The van der Waals surface area contributed by atoms with Gasteiger partial charge in [0.25, 0.3) is 5.91 Å². The molecule has 0 aromatic heterocycles. The van der Waals surface area contributed by atoms with Crippen LogP contribution in [0.1, 0.15) is 23.2 Å². The fourth-order valence-corrected chi connectivity index (χ4v) is 3.97. The summed E-state index contributed by atoms with van der Waals surface area (Å²) in [6.07, 6.45) is 3.55. The van der Waals surface area contributed by atoms with Crippen LogP contribution in [0.4, 0.5) is 5.69 Å². The molecule has 2 aromatic carbocycles. The van der Waals surface area contributed by atoms with Crippen LogP contribution >= 0.6 is 0 Å². The molecule has 2 aromatic rings.